The van der Waals surface area contributed by atoms with Crippen molar-refractivity contribution in [2.24, 2.45) is 0 Å². The van der Waals surface area contributed by atoms with Crippen LogP contribution < -0.4 is 5.32 Å². The normalized spacial score (nSPS) is 10.5. The highest BCUT2D eigenvalue weighted by Gasteiger charge is 2.15. The van der Waals surface area contributed by atoms with E-state index in [1.165, 1.54) is 10.9 Å². The van der Waals surface area contributed by atoms with E-state index in [-0.39, 0.29) is 24.1 Å². The smallest absolute Gasteiger partial charge is 0.273 e. The molecule has 0 aliphatic heterocycles. The minimum Gasteiger partial charge on any atom is -0.346 e. The molecule has 0 spiro atoms. The van der Waals surface area contributed by atoms with E-state index in [1.807, 2.05) is 32.0 Å². The second kappa shape index (κ2) is 8.44. The molecule has 24 heavy (non-hydrogen) atoms. The van der Waals surface area contributed by atoms with Gasteiger partial charge in [0.15, 0.2) is 5.69 Å². The van der Waals surface area contributed by atoms with Crippen LogP contribution in [0.5, 0.6) is 0 Å². The summed E-state index contributed by atoms with van der Waals surface area (Å²) in [5.74, 6) is -0.426. The van der Waals surface area contributed by atoms with Crippen molar-refractivity contribution in [3.63, 3.8) is 0 Å². The summed E-state index contributed by atoms with van der Waals surface area (Å²) in [6.07, 6.45) is 1.46. The van der Waals surface area contributed by atoms with E-state index in [2.05, 4.69) is 15.6 Å². The van der Waals surface area contributed by atoms with Gasteiger partial charge < -0.3 is 10.2 Å². The predicted octanol–water partition coefficient (Wildman–Crippen LogP) is 1.73. The molecule has 0 aliphatic carbocycles. The van der Waals surface area contributed by atoms with Gasteiger partial charge in [0.25, 0.3) is 5.91 Å². The van der Waals surface area contributed by atoms with E-state index in [1.54, 1.807) is 11.0 Å². The van der Waals surface area contributed by atoms with Crippen LogP contribution in [0.2, 0.25) is 5.02 Å². The van der Waals surface area contributed by atoms with Gasteiger partial charge in [-0.3, -0.25) is 9.59 Å². The highest BCUT2D eigenvalue weighted by molar-refractivity contribution is 6.31. The van der Waals surface area contributed by atoms with Crippen LogP contribution in [0.1, 0.15) is 29.9 Å². The van der Waals surface area contributed by atoms with Crippen LogP contribution in [-0.4, -0.2) is 44.8 Å². The van der Waals surface area contributed by atoms with E-state index >= 15 is 0 Å². The van der Waals surface area contributed by atoms with Crippen molar-refractivity contribution in [3.8, 4) is 0 Å². The summed E-state index contributed by atoms with van der Waals surface area (Å²) in [6, 6.07) is 7.27. The monoisotopic (exact) mass is 349 g/mol. The molecule has 0 aliphatic rings. The number of likely N-dealkylation sites (N-methyl/N-ethyl adjacent to an activating group) is 1. The van der Waals surface area contributed by atoms with Gasteiger partial charge in [0.1, 0.15) is 6.54 Å². The van der Waals surface area contributed by atoms with Gasteiger partial charge in [-0.1, -0.05) is 35.0 Å². The topological polar surface area (TPSA) is 80.1 Å². The Kier molecular flexibility index (Phi) is 6.31. The molecular weight excluding hydrogens is 330 g/mol. The Morgan fingerprint density at radius 1 is 1.25 bits per heavy atom. The molecule has 0 radical (unpaired) electrons. The lowest BCUT2D eigenvalue weighted by Crippen LogP contribution is -2.33. The van der Waals surface area contributed by atoms with Crippen LogP contribution >= 0.6 is 11.6 Å². The molecule has 2 aromatic rings. The molecule has 8 heteroatoms. The molecule has 0 atom stereocenters. The highest BCUT2D eigenvalue weighted by atomic mass is 35.5. The lowest BCUT2D eigenvalue weighted by Gasteiger charge is -2.17. The van der Waals surface area contributed by atoms with E-state index in [4.69, 9.17) is 11.6 Å². The molecule has 0 fully saturated rings. The lowest BCUT2D eigenvalue weighted by molar-refractivity contribution is -0.131. The fourth-order valence-electron chi connectivity index (χ4n) is 2.20. The zero-order valence-corrected chi connectivity index (χ0v) is 14.5. The maximum atomic E-state index is 12.1. The van der Waals surface area contributed by atoms with Crippen molar-refractivity contribution in [2.45, 2.75) is 26.9 Å². The predicted molar refractivity (Wildman–Crippen MR) is 90.6 cm³/mol. The molecule has 7 nitrogen and oxygen atoms in total. The number of halogens is 1. The summed E-state index contributed by atoms with van der Waals surface area (Å²) < 4.78 is 1.37. The Bertz CT molecular complexity index is 712. The number of nitrogens with zero attached hydrogens (tertiary/aromatic N) is 4. The molecule has 1 aromatic heterocycles. The van der Waals surface area contributed by atoms with Gasteiger partial charge in [0, 0.05) is 24.7 Å². The van der Waals surface area contributed by atoms with Crippen LogP contribution in [0.25, 0.3) is 0 Å². The van der Waals surface area contributed by atoms with Gasteiger partial charge in [-0.2, -0.15) is 0 Å². The second-order valence-electron chi connectivity index (χ2n) is 5.14. The van der Waals surface area contributed by atoms with Crippen LogP contribution in [0, 0.1) is 0 Å². The van der Waals surface area contributed by atoms with Crippen molar-refractivity contribution in [1.82, 2.24) is 25.2 Å². The molecule has 0 bridgehead atoms. The average molecular weight is 350 g/mol. The summed E-state index contributed by atoms with van der Waals surface area (Å²) >= 11 is 6.05. The Morgan fingerprint density at radius 3 is 2.62 bits per heavy atom. The van der Waals surface area contributed by atoms with E-state index in [0.29, 0.717) is 24.7 Å². The first-order valence-electron chi connectivity index (χ1n) is 7.74. The first kappa shape index (κ1) is 17.9. The van der Waals surface area contributed by atoms with E-state index < -0.39 is 0 Å². The number of nitrogens with one attached hydrogen (secondary N) is 1. The molecule has 0 saturated carbocycles. The fourth-order valence-corrected chi connectivity index (χ4v) is 2.40. The summed E-state index contributed by atoms with van der Waals surface area (Å²) in [5, 5.41) is 11.0. The van der Waals surface area contributed by atoms with E-state index in [0.717, 1.165) is 5.56 Å². The van der Waals surface area contributed by atoms with Crippen LogP contribution in [0.3, 0.4) is 0 Å². The first-order valence-corrected chi connectivity index (χ1v) is 8.12. The Balaban J connectivity index is 1.93. The minimum atomic E-state index is -0.364. The van der Waals surface area contributed by atoms with Gasteiger partial charge in [-0.05, 0) is 25.5 Å². The van der Waals surface area contributed by atoms with Gasteiger partial charge in [-0.15, -0.1) is 5.10 Å². The Morgan fingerprint density at radius 2 is 1.96 bits per heavy atom. The third-order valence-corrected chi connectivity index (χ3v) is 3.95. The molecule has 2 rings (SSSR count). The van der Waals surface area contributed by atoms with Crippen LogP contribution in [-0.2, 0) is 17.9 Å². The highest BCUT2D eigenvalue weighted by Crippen LogP contribution is 2.14. The van der Waals surface area contributed by atoms with Gasteiger partial charge >= 0.3 is 0 Å². The number of rotatable bonds is 7. The van der Waals surface area contributed by atoms with Crippen molar-refractivity contribution in [3.05, 3.63) is 46.7 Å². The largest absolute Gasteiger partial charge is 0.346 e. The minimum absolute atomic E-state index is 0.0620. The van der Waals surface area contributed by atoms with Crippen molar-refractivity contribution in [2.75, 3.05) is 13.1 Å². The van der Waals surface area contributed by atoms with Gasteiger partial charge in [-0.25, -0.2) is 4.68 Å². The average Bonchev–Trinajstić information content (AvgIpc) is 3.03. The number of carbonyl (C=O) groups excluding carboxylic acids is 2. The second-order valence-corrected chi connectivity index (χ2v) is 5.55. The third-order valence-electron chi connectivity index (χ3n) is 3.58. The standard InChI is InChI=1S/C16H20ClN5O2/c1-3-21(4-2)15(23)11-22-10-14(19-20-22)16(24)18-9-12-7-5-6-8-13(12)17/h5-8,10H,3-4,9,11H2,1-2H3,(H,18,24). The zero-order chi connectivity index (χ0) is 17.5. The van der Waals surface area contributed by atoms with Gasteiger partial charge in [0.2, 0.25) is 5.91 Å². The SMILES string of the molecule is CCN(CC)C(=O)Cn1cc(C(=O)NCc2ccccc2Cl)nn1. The Hall–Kier alpha value is -2.41. The number of aromatic nitrogens is 3. The maximum absolute atomic E-state index is 12.1. The molecular formula is C16H20ClN5O2. The van der Waals surface area contributed by atoms with Crippen LogP contribution in [0.15, 0.2) is 30.5 Å². The molecule has 2 amide bonds. The number of hydrogen-bond acceptors (Lipinski definition) is 4. The summed E-state index contributed by atoms with van der Waals surface area (Å²) in [5.41, 5.74) is 0.978. The third kappa shape index (κ3) is 4.55. The number of benzene rings is 1. The van der Waals surface area contributed by atoms with Crippen molar-refractivity contribution >= 4 is 23.4 Å². The molecule has 128 valence electrons. The molecule has 0 unspecified atom stereocenters. The quantitative estimate of drug-likeness (QED) is 0.825. The van der Waals surface area contributed by atoms with Crippen molar-refractivity contribution < 1.29 is 9.59 Å². The lowest BCUT2D eigenvalue weighted by atomic mass is 10.2. The van der Waals surface area contributed by atoms with Crippen LogP contribution in [0.4, 0.5) is 0 Å². The number of amides is 2. The van der Waals surface area contributed by atoms with E-state index in [9.17, 15) is 9.59 Å². The zero-order valence-electron chi connectivity index (χ0n) is 13.7. The summed E-state index contributed by atoms with van der Waals surface area (Å²) in [4.78, 5) is 25.8. The number of hydrogen-bond donors (Lipinski definition) is 1. The van der Waals surface area contributed by atoms with Gasteiger partial charge in [0.05, 0.1) is 6.20 Å². The molecule has 1 N–H and O–H groups in total. The first-order chi connectivity index (χ1) is 11.5. The summed E-state index contributed by atoms with van der Waals surface area (Å²) in [6.45, 7) is 5.45. The molecule has 1 heterocycles. The number of carbonyl (C=O) groups is 2. The Labute approximate surface area is 145 Å². The molecule has 1 aromatic carbocycles. The van der Waals surface area contributed by atoms with Crippen molar-refractivity contribution in [1.29, 1.82) is 0 Å². The summed E-state index contributed by atoms with van der Waals surface area (Å²) in [7, 11) is 0. The maximum Gasteiger partial charge on any atom is 0.273 e. The fraction of sp³-hybridized carbons (Fsp3) is 0.375. The molecule has 0 saturated heterocycles.